The lowest BCUT2D eigenvalue weighted by molar-refractivity contribution is 0.291. The van der Waals surface area contributed by atoms with Crippen molar-refractivity contribution < 1.29 is 0 Å². The van der Waals surface area contributed by atoms with Gasteiger partial charge in [-0.3, -0.25) is 5.10 Å². The van der Waals surface area contributed by atoms with Crippen LogP contribution in [0.15, 0.2) is 18.2 Å². The molecule has 2 nitrogen and oxygen atoms in total. The van der Waals surface area contributed by atoms with E-state index in [-0.39, 0.29) is 5.41 Å². The minimum atomic E-state index is 0.0392. The van der Waals surface area contributed by atoms with Gasteiger partial charge in [0.25, 0.3) is 0 Å². The first kappa shape index (κ1) is 15.5. The molecule has 1 aromatic heterocycles. The molecule has 23 heavy (non-hydrogen) atoms. The lowest BCUT2D eigenvalue weighted by Gasteiger charge is -2.42. The zero-order valence-electron chi connectivity index (χ0n) is 13.3. The number of halogens is 2. The first-order valence-corrected chi connectivity index (χ1v) is 9.48. The van der Waals surface area contributed by atoms with E-state index in [1.54, 1.807) is 0 Å². The highest BCUT2D eigenvalue weighted by molar-refractivity contribution is 6.42. The molecule has 0 aliphatic heterocycles. The van der Waals surface area contributed by atoms with Gasteiger partial charge in [-0.25, -0.2) is 0 Å². The Bertz CT molecular complexity index is 716. The summed E-state index contributed by atoms with van der Waals surface area (Å²) in [5.74, 6) is 0. The van der Waals surface area contributed by atoms with Gasteiger partial charge in [0.1, 0.15) is 0 Å². The van der Waals surface area contributed by atoms with E-state index in [4.69, 9.17) is 28.3 Å². The van der Waals surface area contributed by atoms with Gasteiger partial charge in [0, 0.05) is 11.1 Å². The highest BCUT2D eigenvalue weighted by Gasteiger charge is 2.44. The second kappa shape index (κ2) is 6.14. The average molecular weight is 349 g/mol. The smallest absolute Gasteiger partial charge is 0.0762 e. The molecule has 1 fully saturated rings. The molecule has 2 aliphatic rings. The van der Waals surface area contributed by atoms with Crippen LogP contribution in [0.3, 0.4) is 0 Å². The van der Waals surface area contributed by atoms with Gasteiger partial charge in [-0.15, -0.1) is 0 Å². The maximum Gasteiger partial charge on any atom is 0.0762 e. The van der Waals surface area contributed by atoms with Gasteiger partial charge in [-0.1, -0.05) is 48.5 Å². The second-order valence-corrected chi connectivity index (χ2v) is 7.82. The molecule has 4 heteroatoms. The lowest BCUT2D eigenvalue weighted by atomic mass is 9.61. The van der Waals surface area contributed by atoms with Gasteiger partial charge in [0.05, 0.1) is 15.7 Å². The van der Waals surface area contributed by atoms with E-state index in [0.29, 0.717) is 10.0 Å². The molecule has 0 saturated heterocycles. The third-order valence-corrected chi connectivity index (χ3v) is 6.43. The van der Waals surface area contributed by atoms with Crippen LogP contribution in [0, 0.1) is 0 Å². The van der Waals surface area contributed by atoms with Crippen LogP contribution in [0.4, 0.5) is 0 Å². The van der Waals surface area contributed by atoms with Crippen LogP contribution in [-0.2, 0) is 18.3 Å². The minimum Gasteiger partial charge on any atom is -0.282 e. The molecular weight excluding hydrogens is 327 g/mol. The van der Waals surface area contributed by atoms with Crippen LogP contribution in [0.25, 0.3) is 0 Å². The number of hydrogen-bond acceptors (Lipinski definition) is 1. The van der Waals surface area contributed by atoms with Crippen molar-refractivity contribution in [3.8, 4) is 0 Å². The molecule has 0 spiro atoms. The summed E-state index contributed by atoms with van der Waals surface area (Å²) in [5, 5.41) is 9.43. The Labute approximate surface area is 147 Å². The van der Waals surface area contributed by atoms with Gasteiger partial charge in [0.15, 0.2) is 0 Å². The summed E-state index contributed by atoms with van der Waals surface area (Å²) < 4.78 is 0. The van der Waals surface area contributed by atoms with E-state index >= 15 is 0 Å². The Morgan fingerprint density at radius 2 is 1.70 bits per heavy atom. The van der Waals surface area contributed by atoms with E-state index in [2.05, 4.69) is 11.2 Å². The van der Waals surface area contributed by atoms with Gasteiger partial charge in [0.2, 0.25) is 0 Å². The minimum absolute atomic E-state index is 0.0392. The summed E-state index contributed by atoms with van der Waals surface area (Å²) in [5.41, 5.74) is 5.44. The summed E-state index contributed by atoms with van der Waals surface area (Å²) in [7, 11) is 0. The SMILES string of the molecule is Clc1ccc(C2(c3n[nH]c4c3CCCCCC4)CCC2)cc1Cl. The molecule has 0 unspecified atom stereocenters. The first-order chi connectivity index (χ1) is 11.2. The molecule has 1 heterocycles. The average Bonchev–Trinajstić information content (AvgIpc) is 2.84. The Hall–Kier alpha value is -0.990. The zero-order valence-corrected chi connectivity index (χ0v) is 14.8. The van der Waals surface area contributed by atoms with E-state index in [0.717, 1.165) is 25.7 Å². The standard InChI is InChI=1S/C19H22Cl2N2/c20-15-9-8-13(12-16(15)21)19(10-5-11-19)18-14-6-3-1-2-4-7-17(14)22-23-18/h8-9,12H,1-7,10-11H2,(H,22,23). The number of aromatic nitrogens is 2. The summed E-state index contributed by atoms with van der Waals surface area (Å²) in [6, 6.07) is 6.11. The van der Waals surface area contributed by atoms with E-state index in [1.807, 2.05) is 12.1 Å². The fraction of sp³-hybridized carbons (Fsp3) is 0.526. The number of H-pyrrole nitrogens is 1. The van der Waals surface area contributed by atoms with Gasteiger partial charge < -0.3 is 0 Å². The van der Waals surface area contributed by atoms with Gasteiger partial charge in [-0.05, 0) is 61.8 Å². The van der Waals surface area contributed by atoms with Crippen LogP contribution in [-0.4, -0.2) is 10.2 Å². The molecule has 0 radical (unpaired) electrons. The molecule has 1 aromatic carbocycles. The fourth-order valence-corrected chi connectivity index (χ4v) is 4.51. The molecule has 0 bridgehead atoms. The third kappa shape index (κ3) is 2.60. The van der Waals surface area contributed by atoms with Crippen molar-refractivity contribution in [2.24, 2.45) is 0 Å². The molecule has 122 valence electrons. The summed E-state index contributed by atoms with van der Waals surface area (Å²) in [6.07, 6.45) is 11.1. The van der Waals surface area contributed by atoms with Crippen molar-refractivity contribution >= 4 is 23.2 Å². The van der Waals surface area contributed by atoms with E-state index in [9.17, 15) is 0 Å². The van der Waals surface area contributed by atoms with Crippen molar-refractivity contribution in [2.75, 3.05) is 0 Å². The van der Waals surface area contributed by atoms with Crippen LogP contribution >= 0.6 is 23.2 Å². The van der Waals surface area contributed by atoms with Gasteiger partial charge in [-0.2, -0.15) is 5.10 Å². The Morgan fingerprint density at radius 1 is 0.913 bits per heavy atom. The number of hydrogen-bond donors (Lipinski definition) is 1. The highest BCUT2D eigenvalue weighted by atomic mass is 35.5. The number of nitrogens with one attached hydrogen (secondary N) is 1. The van der Waals surface area contributed by atoms with E-state index in [1.165, 1.54) is 54.6 Å². The molecule has 1 N–H and O–H groups in total. The molecule has 2 aromatic rings. The van der Waals surface area contributed by atoms with Crippen LogP contribution in [0.1, 0.15) is 67.5 Å². The van der Waals surface area contributed by atoms with Crippen molar-refractivity contribution in [3.05, 3.63) is 50.8 Å². The third-order valence-electron chi connectivity index (χ3n) is 5.69. The molecular formula is C19H22Cl2N2. The molecule has 2 aliphatic carbocycles. The second-order valence-electron chi connectivity index (χ2n) is 7.01. The van der Waals surface area contributed by atoms with E-state index < -0.39 is 0 Å². The summed E-state index contributed by atoms with van der Waals surface area (Å²) in [6.45, 7) is 0. The largest absolute Gasteiger partial charge is 0.282 e. The zero-order chi connectivity index (χ0) is 15.9. The molecule has 4 rings (SSSR count). The number of fused-ring (bicyclic) bond motifs is 1. The number of aryl methyl sites for hydroxylation is 1. The predicted octanol–water partition coefficient (Wildman–Crippen LogP) is 5.85. The number of nitrogens with zero attached hydrogens (tertiary/aromatic N) is 1. The van der Waals surface area contributed by atoms with Crippen molar-refractivity contribution in [3.63, 3.8) is 0 Å². The molecule has 1 saturated carbocycles. The van der Waals surface area contributed by atoms with Gasteiger partial charge >= 0.3 is 0 Å². The fourth-order valence-electron chi connectivity index (χ4n) is 4.22. The van der Waals surface area contributed by atoms with Crippen molar-refractivity contribution in [1.82, 2.24) is 10.2 Å². The Kier molecular flexibility index (Phi) is 4.15. The maximum absolute atomic E-state index is 6.29. The van der Waals surface area contributed by atoms with Crippen LogP contribution < -0.4 is 0 Å². The normalized spacial score (nSPS) is 20.3. The maximum atomic E-state index is 6.29. The number of aromatic amines is 1. The summed E-state index contributed by atoms with van der Waals surface area (Å²) in [4.78, 5) is 0. The highest BCUT2D eigenvalue weighted by Crippen LogP contribution is 2.50. The molecule has 0 amide bonds. The van der Waals surface area contributed by atoms with Crippen LogP contribution in [0.2, 0.25) is 10.0 Å². The van der Waals surface area contributed by atoms with Crippen LogP contribution in [0.5, 0.6) is 0 Å². The quantitative estimate of drug-likeness (QED) is 0.724. The topological polar surface area (TPSA) is 28.7 Å². The van der Waals surface area contributed by atoms with Crippen molar-refractivity contribution in [2.45, 2.75) is 63.2 Å². The predicted molar refractivity (Wildman–Crippen MR) is 95.6 cm³/mol. The summed E-state index contributed by atoms with van der Waals surface area (Å²) >= 11 is 12.4. The number of rotatable bonds is 2. The molecule has 0 atom stereocenters. The Balaban J connectivity index is 1.79. The van der Waals surface area contributed by atoms with Crippen molar-refractivity contribution in [1.29, 1.82) is 0 Å². The Morgan fingerprint density at radius 3 is 2.39 bits per heavy atom. The monoisotopic (exact) mass is 348 g/mol. The number of benzene rings is 1. The lowest BCUT2D eigenvalue weighted by Crippen LogP contribution is -2.37. The first-order valence-electron chi connectivity index (χ1n) is 8.73.